The lowest BCUT2D eigenvalue weighted by molar-refractivity contribution is 0.217. The van der Waals surface area contributed by atoms with Crippen LogP contribution in [0, 0.1) is 11.6 Å². The Balaban J connectivity index is 1.96. The maximum absolute atomic E-state index is 13.8. The van der Waals surface area contributed by atoms with E-state index in [0.29, 0.717) is 5.56 Å². The monoisotopic (exact) mass is 476 g/mol. The van der Waals surface area contributed by atoms with Crippen molar-refractivity contribution in [1.29, 1.82) is 0 Å². The summed E-state index contributed by atoms with van der Waals surface area (Å²) in [5, 5.41) is 11.3. The molecular weight excluding hydrogens is 458 g/mol. The van der Waals surface area contributed by atoms with Crippen LogP contribution in [-0.4, -0.2) is 32.1 Å². The molecule has 166 valence electrons. The molecule has 4 rings (SSSR count). The van der Waals surface area contributed by atoms with Crippen molar-refractivity contribution < 1.29 is 30.7 Å². The summed E-state index contributed by atoms with van der Waals surface area (Å²) in [5.41, 5.74) is 0.604. The van der Waals surface area contributed by atoms with Gasteiger partial charge in [-0.3, -0.25) is 0 Å². The Labute approximate surface area is 184 Å². The fourth-order valence-corrected chi connectivity index (χ4v) is 8.87. The predicted octanol–water partition coefficient (Wildman–Crippen LogP) is 3.76. The molecule has 0 spiro atoms. The van der Waals surface area contributed by atoms with E-state index in [1.807, 2.05) is 0 Å². The molecule has 0 heterocycles. The fraction of sp³-hybridized carbons (Fsp3) is 0.130. The third-order valence-corrected chi connectivity index (χ3v) is 11.3. The van der Waals surface area contributed by atoms with E-state index in [0.717, 1.165) is 48.5 Å². The Bertz CT molecular complexity index is 1310. The van der Waals surface area contributed by atoms with Gasteiger partial charge in [-0.1, -0.05) is 36.4 Å². The molecule has 0 amide bonds. The summed E-state index contributed by atoms with van der Waals surface area (Å²) in [6.07, 6.45) is -1.12. The van der Waals surface area contributed by atoms with Crippen molar-refractivity contribution in [3.05, 3.63) is 102 Å². The van der Waals surface area contributed by atoms with E-state index in [-0.39, 0.29) is 5.57 Å². The van der Waals surface area contributed by atoms with Crippen molar-refractivity contribution in [2.45, 2.75) is 26.4 Å². The van der Waals surface area contributed by atoms with E-state index in [1.54, 1.807) is 30.3 Å². The minimum Gasteiger partial charge on any atom is -0.386 e. The van der Waals surface area contributed by atoms with Crippen molar-refractivity contribution >= 4 is 25.2 Å². The van der Waals surface area contributed by atoms with Crippen LogP contribution < -0.4 is 0 Å². The minimum atomic E-state index is -4.77. The highest BCUT2D eigenvalue weighted by Crippen LogP contribution is 2.49. The number of benzene rings is 3. The van der Waals surface area contributed by atoms with Crippen LogP contribution >= 0.6 is 0 Å². The number of sulfone groups is 2. The van der Waals surface area contributed by atoms with Gasteiger partial charge in [0.05, 0.1) is 9.79 Å². The largest absolute Gasteiger partial charge is 0.386 e. The van der Waals surface area contributed by atoms with Gasteiger partial charge in [0.2, 0.25) is 23.8 Å². The number of aliphatic hydroxyl groups is 1. The molecule has 0 bridgehead atoms. The van der Waals surface area contributed by atoms with Gasteiger partial charge in [0, 0.05) is 6.42 Å². The van der Waals surface area contributed by atoms with Crippen LogP contribution in [0.4, 0.5) is 8.78 Å². The van der Waals surface area contributed by atoms with Gasteiger partial charge in [-0.25, -0.2) is 25.6 Å². The summed E-state index contributed by atoms with van der Waals surface area (Å²) in [7, 11) is -9.55. The molecule has 3 aromatic rings. The second-order valence-electron chi connectivity index (χ2n) is 7.36. The number of hydrogen-bond acceptors (Lipinski definition) is 5. The topological polar surface area (TPSA) is 88.5 Å². The van der Waals surface area contributed by atoms with E-state index in [9.17, 15) is 30.7 Å². The van der Waals surface area contributed by atoms with Crippen molar-refractivity contribution in [2.75, 3.05) is 0 Å². The van der Waals surface area contributed by atoms with E-state index in [2.05, 4.69) is 0 Å². The first-order chi connectivity index (χ1) is 15.1. The standard InChI is InChI=1S/C23H18F2O5S2/c24-17-6-10-19(11-7-17)31(27,28)23(32(29,30)20-12-8-18(25)9-13-20)15-14-21(22(23)26)16-4-2-1-3-5-16/h1-14,22,26H,15H2. The van der Waals surface area contributed by atoms with Crippen molar-refractivity contribution in [3.63, 3.8) is 0 Å². The average molecular weight is 477 g/mol. The molecule has 0 aliphatic heterocycles. The lowest BCUT2D eigenvalue weighted by atomic mass is 10.0. The normalized spacial score (nSPS) is 18.3. The Morgan fingerprint density at radius 3 is 1.59 bits per heavy atom. The zero-order chi connectivity index (χ0) is 23.1. The summed E-state index contributed by atoms with van der Waals surface area (Å²) in [5.74, 6) is -1.40. The van der Waals surface area contributed by atoms with Gasteiger partial charge in [0.15, 0.2) is 0 Å². The second kappa shape index (κ2) is 7.91. The summed E-state index contributed by atoms with van der Waals surface area (Å²) < 4.78 is 79.2. The van der Waals surface area contributed by atoms with Gasteiger partial charge in [0.25, 0.3) is 0 Å². The van der Waals surface area contributed by atoms with Gasteiger partial charge in [0.1, 0.15) is 17.7 Å². The zero-order valence-electron chi connectivity index (χ0n) is 16.5. The molecule has 0 radical (unpaired) electrons. The number of allylic oxidation sites excluding steroid dienone is 1. The Morgan fingerprint density at radius 2 is 1.16 bits per heavy atom. The molecule has 5 nitrogen and oxygen atoms in total. The maximum atomic E-state index is 13.8. The van der Waals surface area contributed by atoms with Crippen LogP contribution in [0.3, 0.4) is 0 Å². The lowest BCUT2D eigenvalue weighted by Crippen LogP contribution is -2.53. The SMILES string of the molecule is O=S(=O)(c1ccc(F)cc1)C1(S(=O)(=O)c2ccc(F)cc2)CC=C(c2ccccc2)C1O. The van der Waals surface area contributed by atoms with Gasteiger partial charge < -0.3 is 5.11 Å². The van der Waals surface area contributed by atoms with Crippen LogP contribution in [0.5, 0.6) is 0 Å². The molecule has 1 unspecified atom stereocenters. The van der Waals surface area contributed by atoms with E-state index in [1.165, 1.54) is 6.08 Å². The number of aliphatic hydroxyl groups excluding tert-OH is 1. The first-order valence-electron chi connectivity index (χ1n) is 9.55. The van der Waals surface area contributed by atoms with Crippen molar-refractivity contribution in [1.82, 2.24) is 0 Å². The van der Waals surface area contributed by atoms with Crippen LogP contribution in [0.2, 0.25) is 0 Å². The maximum Gasteiger partial charge on any atom is 0.215 e. The van der Waals surface area contributed by atoms with Gasteiger partial charge in [-0.05, 0) is 59.7 Å². The molecule has 32 heavy (non-hydrogen) atoms. The lowest BCUT2D eigenvalue weighted by Gasteiger charge is -2.33. The summed E-state index contributed by atoms with van der Waals surface area (Å²) >= 11 is 0. The molecule has 0 aromatic heterocycles. The third-order valence-electron chi connectivity index (χ3n) is 5.58. The Morgan fingerprint density at radius 1 is 0.719 bits per heavy atom. The summed E-state index contributed by atoms with van der Waals surface area (Å²) in [6, 6.07) is 15.8. The average Bonchev–Trinajstić information content (AvgIpc) is 3.14. The second-order valence-corrected chi connectivity index (χ2v) is 12.0. The van der Waals surface area contributed by atoms with Gasteiger partial charge in [-0.2, -0.15) is 0 Å². The molecule has 0 saturated heterocycles. The van der Waals surface area contributed by atoms with Crippen LogP contribution in [0.25, 0.3) is 5.57 Å². The molecule has 0 fully saturated rings. The molecular formula is C23H18F2O5S2. The molecule has 1 aliphatic rings. The van der Waals surface area contributed by atoms with Crippen molar-refractivity contribution in [3.8, 4) is 0 Å². The highest BCUT2D eigenvalue weighted by atomic mass is 32.3. The smallest absolute Gasteiger partial charge is 0.215 e. The first-order valence-corrected chi connectivity index (χ1v) is 12.5. The van der Waals surface area contributed by atoms with Gasteiger partial charge >= 0.3 is 0 Å². The fourth-order valence-electron chi connectivity index (χ4n) is 3.90. The predicted molar refractivity (Wildman–Crippen MR) is 115 cm³/mol. The zero-order valence-corrected chi connectivity index (χ0v) is 18.2. The quantitative estimate of drug-likeness (QED) is 0.567. The number of rotatable bonds is 5. The molecule has 1 N–H and O–H groups in total. The van der Waals surface area contributed by atoms with Crippen LogP contribution in [-0.2, 0) is 19.7 Å². The van der Waals surface area contributed by atoms with Crippen LogP contribution in [0.1, 0.15) is 12.0 Å². The number of hydrogen-bond donors (Lipinski definition) is 1. The Kier molecular flexibility index (Phi) is 5.52. The summed E-state index contributed by atoms with van der Waals surface area (Å²) in [4.78, 5) is -0.905. The molecule has 9 heteroatoms. The minimum absolute atomic E-state index is 0.141. The molecule has 0 saturated carbocycles. The highest BCUT2D eigenvalue weighted by molar-refractivity contribution is 8.10. The third kappa shape index (κ3) is 3.28. The van der Waals surface area contributed by atoms with E-state index in [4.69, 9.17) is 0 Å². The summed E-state index contributed by atoms with van der Waals surface area (Å²) in [6.45, 7) is 0. The molecule has 3 aromatic carbocycles. The van der Waals surface area contributed by atoms with E-state index < -0.39 is 57.7 Å². The number of halogens is 2. The molecule has 1 aliphatic carbocycles. The Hall–Kier alpha value is -2.88. The van der Waals surface area contributed by atoms with Crippen LogP contribution in [0.15, 0.2) is 94.7 Å². The highest BCUT2D eigenvalue weighted by Gasteiger charge is 2.63. The first kappa shape index (κ1) is 22.3. The van der Waals surface area contributed by atoms with Crippen molar-refractivity contribution in [2.24, 2.45) is 0 Å². The van der Waals surface area contributed by atoms with E-state index >= 15 is 0 Å². The molecule has 1 atom stereocenters. The van der Waals surface area contributed by atoms with Gasteiger partial charge in [-0.15, -0.1) is 0 Å².